The summed E-state index contributed by atoms with van der Waals surface area (Å²) in [6.07, 6.45) is 0. The zero-order valence-corrected chi connectivity index (χ0v) is 15.4. The first-order valence-corrected chi connectivity index (χ1v) is 8.98. The van der Waals surface area contributed by atoms with Crippen molar-refractivity contribution < 1.29 is 4.92 Å². The molecular weight excluding hydrogens is 318 g/mol. The maximum atomic E-state index is 10.7. The number of aliphatic imine (C=N–C) groups is 1. The highest BCUT2D eigenvalue weighted by atomic mass is 16.6. The third kappa shape index (κ3) is 6.01. The van der Waals surface area contributed by atoms with Gasteiger partial charge in [-0.1, -0.05) is 26.0 Å². The molecule has 0 radical (unpaired) electrons. The summed E-state index contributed by atoms with van der Waals surface area (Å²) in [5.74, 6) is 1.61. The lowest BCUT2D eigenvalue weighted by Crippen LogP contribution is -2.53. The summed E-state index contributed by atoms with van der Waals surface area (Å²) in [4.78, 5) is 19.8. The average molecular weight is 347 g/mol. The molecule has 0 aliphatic carbocycles. The third-order valence-corrected chi connectivity index (χ3v) is 4.19. The van der Waals surface area contributed by atoms with Crippen LogP contribution in [-0.4, -0.2) is 60.0 Å². The van der Waals surface area contributed by atoms with Crippen molar-refractivity contribution in [1.82, 2.24) is 15.1 Å². The lowest BCUT2D eigenvalue weighted by molar-refractivity contribution is -0.384. The number of guanidine groups is 1. The number of piperazine rings is 1. The summed E-state index contributed by atoms with van der Waals surface area (Å²) in [5.41, 5.74) is 1.08. The molecule has 138 valence electrons. The van der Waals surface area contributed by atoms with E-state index in [0.717, 1.165) is 50.8 Å². The molecule has 1 heterocycles. The molecule has 1 aromatic rings. The van der Waals surface area contributed by atoms with Crippen LogP contribution in [0.3, 0.4) is 0 Å². The van der Waals surface area contributed by atoms with Gasteiger partial charge in [0.15, 0.2) is 5.96 Å². The summed E-state index contributed by atoms with van der Waals surface area (Å²) in [6, 6.07) is 6.60. The smallest absolute Gasteiger partial charge is 0.269 e. The lowest BCUT2D eigenvalue weighted by atomic mass is 10.2. The topological polar surface area (TPSA) is 74.0 Å². The summed E-state index contributed by atoms with van der Waals surface area (Å²) >= 11 is 0. The minimum absolute atomic E-state index is 0.112. The molecular formula is C18H29N5O2. The molecule has 0 bridgehead atoms. The molecule has 7 heteroatoms. The van der Waals surface area contributed by atoms with E-state index >= 15 is 0 Å². The second-order valence-corrected chi connectivity index (χ2v) is 6.78. The predicted octanol–water partition coefficient (Wildman–Crippen LogP) is 2.33. The Morgan fingerprint density at radius 3 is 2.40 bits per heavy atom. The van der Waals surface area contributed by atoms with Crippen molar-refractivity contribution in [2.24, 2.45) is 10.9 Å². The van der Waals surface area contributed by atoms with Crippen LogP contribution in [-0.2, 0) is 6.54 Å². The first-order valence-electron chi connectivity index (χ1n) is 8.98. The molecule has 25 heavy (non-hydrogen) atoms. The second kappa shape index (κ2) is 9.36. The Labute approximate surface area is 149 Å². The number of nitrogens with zero attached hydrogens (tertiary/aromatic N) is 4. The van der Waals surface area contributed by atoms with Crippen LogP contribution >= 0.6 is 0 Å². The summed E-state index contributed by atoms with van der Waals surface area (Å²) in [7, 11) is 0. The van der Waals surface area contributed by atoms with Crippen molar-refractivity contribution in [1.29, 1.82) is 0 Å². The highest BCUT2D eigenvalue weighted by Crippen LogP contribution is 2.13. The maximum Gasteiger partial charge on any atom is 0.269 e. The van der Waals surface area contributed by atoms with Gasteiger partial charge < -0.3 is 10.2 Å². The van der Waals surface area contributed by atoms with Crippen LogP contribution in [0.2, 0.25) is 0 Å². The van der Waals surface area contributed by atoms with E-state index in [0.29, 0.717) is 12.5 Å². The highest BCUT2D eigenvalue weighted by Gasteiger charge is 2.19. The summed E-state index contributed by atoms with van der Waals surface area (Å²) in [5, 5.41) is 14.1. The molecule has 2 rings (SSSR count). The number of nitrogens with one attached hydrogen (secondary N) is 1. The zero-order chi connectivity index (χ0) is 18.2. The van der Waals surface area contributed by atoms with Gasteiger partial charge in [-0.2, -0.15) is 0 Å². The first-order chi connectivity index (χ1) is 12.0. The van der Waals surface area contributed by atoms with Crippen LogP contribution < -0.4 is 5.32 Å². The lowest BCUT2D eigenvalue weighted by Gasteiger charge is -2.37. The molecule has 0 saturated carbocycles. The molecule has 1 N–H and O–H groups in total. The predicted molar refractivity (Wildman–Crippen MR) is 101 cm³/mol. The third-order valence-electron chi connectivity index (χ3n) is 4.19. The van der Waals surface area contributed by atoms with Crippen LogP contribution in [0.15, 0.2) is 29.3 Å². The van der Waals surface area contributed by atoms with E-state index in [1.807, 2.05) is 0 Å². The van der Waals surface area contributed by atoms with Crippen LogP contribution in [0.5, 0.6) is 0 Å². The number of nitro benzene ring substituents is 1. The number of non-ortho nitro benzene ring substituents is 1. The van der Waals surface area contributed by atoms with Crippen molar-refractivity contribution in [3.8, 4) is 0 Å². The summed E-state index contributed by atoms with van der Waals surface area (Å²) < 4.78 is 0. The Kier molecular flexibility index (Phi) is 7.18. The van der Waals surface area contributed by atoms with Crippen LogP contribution in [0.25, 0.3) is 0 Å². The molecule has 0 spiro atoms. The second-order valence-electron chi connectivity index (χ2n) is 6.78. The fraction of sp³-hybridized carbons (Fsp3) is 0.611. The number of hydrogen-bond donors (Lipinski definition) is 1. The van der Waals surface area contributed by atoms with E-state index in [4.69, 9.17) is 4.99 Å². The minimum Gasteiger partial charge on any atom is -0.357 e. The zero-order valence-electron chi connectivity index (χ0n) is 15.4. The van der Waals surface area contributed by atoms with Crippen LogP contribution in [0.1, 0.15) is 26.3 Å². The van der Waals surface area contributed by atoms with E-state index in [9.17, 15) is 10.1 Å². The Bertz CT molecular complexity index is 578. The van der Waals surface area contributed by atoms with E-state index in [1.165, 1.54) is 12.1 Å². The molecule has 7 nitrogen and oxygen atoms in total. The molecule has 1 aliphatic heterocycles. The molecule has 0 amide bonds. The molecule has 1 fully saturated rings. The van der Waals surface area contributed by atoms with Gasteiger partial charge in [0.05, 0.1) is 11.5 Å². The molecule has 1 aromatic carbocycles. The van der Waals surface area contributed by atoms with Gasteiger partial charge in [0.1, 0.15) is 0 Å². The molecule has 1 aliphatic rings. The van der Waals surface area contributed by atoms with Gasteiger partial charge in [-0.05, 0) is 18.4 Å². The highest BCUT2D eigenvalue weighted by molar-refractivity contribution is 5.80. The van der Waals surface area contributed by atoms with Crippen molar-refractivity contribution in [2.45, 2.75) is 27.3 Å². The Balaban J connectivity index is 1.95. The molecule has 0 unspecified atom stereocenters. The van der Waals surface area contributed by atoms with Crippen molar-refractivity contribution in [3.63, 3.8) is 0 Å². The van der Waals surface area contributed by atoms with Crippen LogP contribution in [0.4, 0.5) is 5.69 Å². The molecule has 0 atom stereocenters. The largest absolute Gasteiger partial charge is 0.357 e. The van der Waals surface area contributed by atoms with Crippen molar-refractivity contribution >= 4 is 11.6 Å². The van der Waals surface area contributed by atoms with Crippen molar-refractivity contribution in [2.75, 3.05) is 39.3 Å². The maximum absolute atomic E-state index is 10.7. The standard InChI is InChI=1S/C18H29N5O2/c1-4-19-18(22-11-9-21(10-12-22)14-15(2)3)20-13-16-5-7-17(8-6-16)23(24)25/h5-8,15H,4,9-14H2,1-3H3,(H,19,20). The van der Waals surface area contributed by atoms with Crippen LogP contribution in [0, 0.1) is 16.0 Å². The van der Waals surface area contributed by atoms with Gasteiger partial charge in [-0.15, -0.1) is 0 Å². The number of nitro groups is 1. The minimum atomic E-state index is -0.381. The normalized spacial score (nSPS) is 16.3. The SMILES string of the molecule is CCNC(=NCc1ccc([N+](=O)[O-])cc1)N1CCN(CC(C)C)CC1. The van der Waals surface area contributed by atoms with Gasteiger partial charge in [-0.25, -0.2) is 4.99 Å². The Hall–Kier alpha value is -2.15. The Morgan fingerprint density at radius 2 is 1.88 bits per heavy atom. The average Bonchev–Trinajstić information content (AvgIpc) is 2.59. The fourth-order valence-electron chi connectivity index (χ4n) is 2.97. The number of benzene rings is 1. The van der Waals surface area contributed by atoms with E-state index in [2.05, 4.69) is 35.9 Å². The van der Waals surface area contributed by atoms with Crippen molar-refractivity contribution in [3.05, 3.63) is 39.9 Å². The quantitative estimate of drug-likeness (QED) is 0.370. The van der Waals surface area contributed by atoms with Gasteiger partial charge >= 0.3 is 0 Å². The monoisotopic (exact) mass is 347 g/mol. The van der Waals surface area contributed by atoms with E-state index in [1.54, 1.807) is 12.1 Å². The van der Waals surface area contributed by atoms with E-state index in [-0.39, 0.29) is 10.6 Å². The molecule has 0 aromatic heterocycles. The number of rotatable bonds is 6. The molecule has 1 saturated heterocycles. The van der Waals surface area contributed by atoms with Gasteiger partial charge in [0, 0.05) is 51.4 Å². The number of hydrogen-bond acceptors (Lipinski definition) is 4. The summed E-state index contributed by atoms with van der Waals surface area (Å²) in [6.45, 7) is 13.1. The first kappa shape index (κ1) is 19.2. The van der Waals surface area contributed by atoms with Gasteiger partial charge in [0.2, 0.25) is 0 Å². The Morgan fingerprint density at radius 1 is 1.24 bits per heavy atom. The fourth-order valence-corrected chi connectivity index (χ4v) is 2.97. The van der Waals surface area contributed by atoms with Gasteiger partial charge in [-0.3, -0.25) is 15.0 Å². The van der Waals surface area contributed by atoms with Gasteiger partial charge in [0.25, 0.3) is 5.69 Å². The van der Waals surface area contributed by atoms with E-state index < -0.39 is 0 Å².